The normalized spacial score (nSPS) is 22.1. The van der Waals surface area contributed by atoms with Crippen LogP contribution >= 0.6 is 23.2 Å². The number of ether oxygens (including phenoxy) is 1. The third kappa shape index (κ3) is 7.43. The van der Waals surface area contributed by atoms with E-state index in [4.69, 9.17) is 27.9 Å². The second-order valence-electron chi connectivity index (χ2n) is 12.2. The van der Waals surface area contributed by atoms with Crippen LogP contribution in [0.5, 0.6) is 5.75 Å². The van der Waals surface area contributed by atoms with Crippen LogP contribution in [0.3, 0.4) is 0 Å². The lowest BCUT2D eigenvalue weighted by Gasteiger charge is -2.38. The van der Waals surface area contributed by atoms with Gasteiger partial charge in [0.1, 0.15) is 22.8 Å². The largest absolute Gasteiger partial charge is 0.497 e. The molecule has 0 aliphatic carbocycles. The maximum Gasteiger partial charge on any atom is 0.237 e. The monoisotopic (exact) mass is 659 g/mol. The van der Waals surface area contributed by atoms with Gasteiger partial charge in [0.15, 0.2) is 0 Å². The van der Waals surface area contributed by atoms with Gasteiger partial charge in [-0.3, -0.25) is 4.79 Å². The van der Waals surface area contributed by atoms with Crippen molar-refractivity contribution in [1.82, 2.24) is 10.6 Å². The van der Waals surface area contributed by atoms with Crippen LogP contribution in [0.4, 0.5) is 8.78 Å². The van der Waals surface area contributed by atoms with E-state index < -0.39 is 59.1 Å². The van der Waals surface area contributed by atoms with E-state index in [1.165, 1.54) is 30.3 Å². The summed E-state index contributed by atoms with van der Waals surface area (Å²) in [6.45, 7) is 3.55. The Morgan fingerprint density at radius 3 is 2.51 bits per heavy atom. The fourth-order valence-electron chi connectivity index (χ4n) is 6.43. The van der Waals surface area contributed by atoms with E-state index in [0.717, 1.165) is 11.6 Å². The Balaban J connectivity index is 1.85. The maximum absolute atomic E-state index is 15.9. The molecular weight excluding hydrogens is 623 g/mol. The highest BCUT2D eigenvalue weighted by Gasteiger charge is 2.61. The van der Waals surface area contributed by atoms with Crippen LogP contribution in [0.2, 0.25) is 10.0 Å². The van der Waals surface area contributed by atoms with E-state index in [1.54, 1.807) is 7.11 Å². The number of benzene rings is 3. The van der Waals surface area contributed by atoms with E-state index in [9.17, 15) is 20.3 Å². The lowest BCUT2D eigenvalue weighted by Crippen LogP contribution is -2.46. The number of aliphatic hydroxyl groups is 2. The van der Waals surface area contributed by atoms with Crippen molar-refractivity contribution in [3.8, 4) is 11.8 Å². The van der Waals surface area contributed by atoms with E-state index >= 15 is 8.78 Å². The molecule has 0 bridgehead atoms. The third-order valence-electron chi connectivity index (χ3n) is 8.50. The van der Waals surface area contributed by atoms with Gasteiger partial charge in [-0.1, -0.05) is 67.4 Å². The van der Waals surface area contributed by atoms with E-state index in [2.05, 4.69) is 16.7 Å². The number of amides is 1. The number of aliphatic hydroxyl groups excluding tert-OH is 2. The molecule has 1 amide bonds. The van der Waals surface area contributed by atoms with Crippen LogP contribution in [0, 0.1) is 28.4 Å². The number of halogens is 4. The highest BCUT2D eigenvalue weighted by atomic mass is 35.5. The lowest BCUT2D eigenvalue weighted by molar-refractivity contribution is -0.123. The highest BCUT2D eigenvalue weighted by Crippen LogP contribution is 2.53. The number of carbonyl (C=O) groups is 1. The first-order chi connectivity index (χ1) is 21.4. The van der Waals surface area contributed by atoms with Crippen LogP contribution in [-0.4, -0.2) is 54.6 Å². The van der Waals surface area contributed by atoms with Gasteiger partial charge in [-0.05, 0) is 66.1 Å². The molecule has 11 heteroatoms. The second kappa shape index (κ2) is 14.4. The number of carbonyl (C=O) groups excluding carboxylic acids is 1. The van der Waals surface area contributed by atoms with Crippen molar-refractivity contribution in [3.63, 3.8) is 0 Å². The summed E-state index contributed by atoms with van der Waals surface area (Å²) in [5.41, 5.74) is -1.32. The van der Waals surface area contributed by atoms with Crippen LogP contribution < -0.4 is 15.4 Å². The Morgan fingerprint density at radius 1 is 1.18 bits per heavy atom. The van der Waals surface area contributed by atoms with Gasteiger partial charge >= 0.3 is 0 Å². The minimum absolute atomic E-state index is 0.00593. The molecule has 240 valence electrons. The zero-order valence-electron chi connectivity index (χ0n) is 25.3. The number of nitrogens with one attached hydrogen (secondary N) is 2. The quantitative estimate of drug-likeness (QED) is 0.199. The fourth-order valence-corrected chi connectivity index (χ4v) is 6.77. The summed E-state index contributed by atoms with van der Waals surface area (Å²) in [6.07, 6.45) is -0.110. The van der Waals surface area contributed by atoms with Crippen LogP contribution in [0.25, 0.3) is 0 Å². The standard InChI is InChI=1S/C34H37Cl2F2N3O4/c1-33(2,16-20-7-10-23(45-3)11-8-20)17-28-34(19-39,25-12-9-21(35)15-27(25)37)29(24-5-4-6-26(36)30(24)38)31(41-28)32(44)40-14-13-22(43)18-42/h4-12,15,22,28-29,31,41-43H,13-14,16-18H2,1-3H3,(H,40,44)/t22-,28-,29-,31+,34-/m0/s1. The van der Waals surface area contributed by atoms with Crippen molar-refractivity contribution in [1.29, 1.82) is 5.26 Å². The summed E-state index contributed by atoms with van der Waals surface area (Å²) in [4.78, 5) is 13.8. The first kappa shape index (κ1) is 34.6. The van der Waals surface area contributed by atoms with Crippen LogP contribution in [0.1, 0.15) is 49.3 Å². The molecule has 5 atom stereocenters. The predicted octanol–water partition coefficient (Wildman–Crippen LogP) is 5.68. The molecule has 0 spiro atoms. The Hall–Kier alpha value is -3.26. The van der Waals surface area contributed by atoms with Crippen molar-refractivity contribution in [3.05, 3.63) is 99.0 Å². The molecule has 0 unspecified atom stereocenters. The molecule has 4 rings (SSSR count). The maximum atomic E-state index is 15.9. The third-order valence-corrected chi connectivity index (χ3v) is 9.03. The molecule has 0 radical (unpaired) electrons. The molecule has 0 aromatic heterocycles. The zero-order chi connectivity index (χ0) is 32.9. The zero-order valence-corrected chi connectivity index (χ0v) is 26.8. The molecule has 1 aliphatic heterocycles. The highest BCUT2D eigenvalue weighted by molar-refractivity contribution is 6.31. The Morgan fingerprint density at radius 2 is 1.89 bits per heavy atom. The summed E-state index contributed by atoms with van der Waals surface area (Å²) in [7, 11) is 1.59. The average Bonchev–Trinajstić information content (AvgIpc) is 3.32. The number of hydrogen-bond donors (Lipinski definition) is 4. The summed E-state index contributed by atoms with van der Waals surface area (Å²) in [5.74, 6) is -2.66. The molecule has 3 aromatic rings. The number of nitrogens with zero attached hydrogens (tertiary/aromatic N) is 1. The molecule has 1 aliphatic rings. The second-order valence-corrected chi connectivity index (χ2v) is 13.1. The molecule has 3 aromatic carbocycles. The average molecular weight is 661 g/mol. The number of rotatable bonds is 12. The smallest absolute Gasteiger partial charge is 0.237 e. The minimum Gasteiger partial charge on any atom is -0.497 e. The Bertz CT molecular complexity index is 1550. The number of hydrogen-bond acceptors (Lipinski definition) is 6. The molecule has 45 heavy (non-hydrogen) atoms. The first-order valence-electron chi connectivity index (χ1n) is 14.6. The molecule has 7 nitrogen and oxygen atoms in total. The summed E-state index contributed by atoms with van der Waals surface area (Å²) in [6, 6.07) is 16.2. The van der Waals surface area contributed by atoms with Crippen molar-refractivity contribution in [2.45, 2.75) is 62.6 Å². The van der Waals surface area contributed by atoms with Gasteiger partial charge < -0.3 is 25.6 Å². The summed E-state index contributed by atoms with van der Waals surface area (Å²) >= 11 is 12.3. The molecule has 1 heterocycles. The van der Waals surface area contributed by atoms with Gasteiger partial charge in [0.2, 0.25) is 5.91 Å². The van der Waals surface area contributed by atoms with Crippen molar-refractivity contribution in [2.75, 3.05) is 20.3 Å². The molecule has 1 fully saturated rings. The van der Waals surface area contributed by atoms with Crippen molar-refractivity contribution >= 4 is 29.1 Å². The predicted molar refractivity (Wildman–Crippen MR) is 169 cm³/mol. The summed E-state index contributed by atoms with van der Waals surface area (Å²) in [5, 5.41) is 36.0. The first-order valence-corrected chi connectivity index (χ1v) is 15.4. The van der Waals surface area contributed by atoms with E-state index in [0.29, 0.717) is 18.6 Å². The van der Waals surface area contributed by atoms with Gasteiger partial charge in [-0.2, -0.15) is 5.26 Å². The summed E-state index contributed by atoms with van der Waals surface area (Å²) < 4.78 is 37.1. The number of nitriles is 1. The van der Waals surface area contributed by atoms with Gasteiger partial charge in [-0.15, -0.1) is 0 Å². The van der Waals surface area contributed by atoms with Crippen molar-refractivity contribution < 1.29 is 28.5 Å². The van der Waals surface area contributed by atoms with E-state index in [-0.39, 0.29) is 34.1 Å². The molecular formula is C34H37Cl2F2N3O4. The van der Waals surface area contributed by atoms with Crippen LogP contribution in [-0.2, 0) is 16.6 Å². The molecule has 0 saturated carbocycles. The number of methoxy groups -OCH3 is 1. The van der Waals surface area contributed by atoms with Gasteiger partial charge in [0.05, 0.1) is 37.0 Å². The van der Waals surface area contributed by atoms with Crippen LogP contribution in [0.15, 0.2) is 60.7 Å². The Labute approximate surface area is 272 Å². The van der Waals surface area contributed by atoms with Crippen molar-refractivity contribution in [2.24, 2.45) is 5.41 Å². The van der Waals surface area contributed by atoms with E-state index in [1.807, 2.05) is 38.1 Å². The van der Waals surface area contributed by atoms with Gasteiger partial charge in [0.25, 0.3) is 0 Å². The SMILES string of the molecule is COc1ccc(CC(C)(C)C[C@@H]2N[C@@H](C(=O)NCC[C@H](O)CO)[C@H](c3cccc(Cl)c3F)[C@@]2(C#N)c2ccc(Cl)cc2F)cc1. The molecule has 1 saturated heterocycles. The van der Waals surface area contributed by atoms with Gasteiger partial charge in [0, 0.05) is 29.1 Å². The lowest BCUT2D eigenvalue weighted by atomic mass is 9.62. The Kier molecular flexibility index (Phi) is 11.1. The molecule has 4 N–H and O–H groups in total. The minimum atomic E-state index is -1.79. The van der Waals surface area contributed by atoms with Gasteiger partial charge in [-0.25, -0.2) is 8.78 Å². The fraction of sp³-hybridized carbons (Fsp3) is 0.412. The topological polar surface area (TPSA) is 115 Å².